The van der Waals surface area contributed by atoms with E-state index in [0.717, 1.165) is 40.0 Å². The first-order chi connectivity index (χ1) is 15.6. The number of anilines is 1. The molecule has 3 nitrogen and oxygen atoms in total. The maximum atomic E-state index is 12.3. The summed E-state index contributed by atoms with van der Waals surface area (Å²) in [7, 11) is 2.22. The highest BCUT2D eigenvalue weighted by Crippen LogP contribution is 2.24. The molecular weight excluding hydrogens is 416 g/mol. The molecule has 1 aliphatic rings. The molecule has 0 spiro atoms. The Balaban J connectivity index is 1.29. The highest BCUT2D eigenvalue weighted by Gasteiger charge is 2.19. The fraction of sp³-hybridized carbons (Fsp3) is 0.250. The summed E-state index contributed by atoms with van der Waals surface area (Å²) in [6.45, 7) is 0.973. The lowest BCUT2D eigenvalue weighted by atomic mass is 10.1. The van der Waals surface area contributed by atoms with Crippen LogP contribution in [0.1, 0.15) is 36.8 Å². The lowest BCUT2D eigenvalue weighted by Gasteiger charge is -2.24. The molecule has 0 saturated heterocycles. The zero-order valence-corrected chi connectivity index (χ0v) is 19.2. The van der Waals surface area contributed by atoms with Crippen LogP contribution >= 0.6 is 11.6 Å². The molecule has 1 fully saturated rings. The van der Waals surface area contributed by atoms with Crippen LogP contribution in [-0.2, 0) is 11.3 Å². The van der Waals surface area contributed by atoms with Crippen LogP contribution in [0, 0.1) is 0 Å². The molecule has 0 unspecified atom stereocenters. The monoisotopic (exact) mass is 444 g/mol. The molecule has 1 amide bonds. The van der Waals surface area contributed by atoms with E-state index in [1.165, 1.54) is 31.2 Å². The van der Waals surface area contributed by atoms with Gasteiger partial charge in [0.2, 0.25) is 5.91 Å². The van der Waals surface area contributed by atoms with E-state index in [1.807, 2.05) is 54.6 Å². The predicted molar refractivity (Wildman–Crippen MR) is 135 cm³/mol. The van der Waals surface area contributed by atoms with Gasteiger partial charge in [0.15, 0.2) is 0 Å². The van der Waals surface area contributed by atoms with Crippen molar-refractivity contribution in [2.45, 2.75) is 38.3 Å². The highest BCUT2D eigenvalue weighted by atomic mass is 35.5. The number of nitrogens with zero attached hydrogens (tertiary/aromatic N) is 1. The zero-order valence-electron chi connectivity index (χ0n) is 18.4. The standard InChI is InChI=1S/C28H29ClN2O/c1-31(27-4-2-3-5-27)20-22-8-6-21(7-9-22)10-19-28(32)30-26-17-13-24(14-18-26)23-11-15-25(29)16-12-23/h6-19,27H,2-5,20H2,1H3,(H,30,32)/b19-10+. The molecule has 0 atom stereocenters. The van der Waals surface area contributed by atoms with Gasteiger partial charge in [0.25, 0.3) is 0 Å². The van der Waals surface area contributed by atoms with Crippen molar-refractivity contribution in [3.05, 3.63) is 95.0 Å². The maximum absolute atomic E-state index is 12.3. The van der Waals surface area contributed by atoms with Gasteiger partial charge < -0.3 is 5.32 Å². The van der Waals surface area contributed by atoms with Gasteiger partial charge in [0, 0.05) is 29.4 Å². The third kappa shape index (κ3) is 6.09. The summed E-state index contributed by atoms with van der Waals surface area (Å²) >= 11 is 5.95. The lowest BCUT2D eigenvalue weighted by Crippen LogP contribution is -2.28. The van der Waals surface area contributed by atoms with Crippen LogP contribution in [0.2, 0.25) is 5.02 Å². The number of hydrogen-bond donors (Lipinski definition) is 1. The molecule has 32 heavy (non-hydrogen) atoms. The summed E-state index contributed by atoms with van der Waals surface area (Å²) in [6, 6.07) is 24.7. The van der Waals surface area contributed by atoms with E-state index in [2.05, 4.69) is 41.5 Å². The Bertz CT molecular complexity index is 1050. The molecule has 0 bridgehead atoms. The molecule has 1 saturated carbocycles. The summed E-state index contributed by atoms with van der Waals surface area (Å²) in [5, 5.41) is 3.63. The molecule has 4 heteroatoms. The fourth-order valence-corrected chi connectivity index (χ4v) is 4.37. The smallest absolute Gasteiger partial charge is 0.248 e. The molecule has 0 aromatic heterocycles. The average molecular weight is 445 g/mol. The number of amides is 1. The maximum Gasteiger partial charge on any atom is 0.248 e. The minimum Gasteiger partial charge on any atom is -0.323 e. The topological polar surface area (TPSA) is 32.3 Å². The molecule has 3 aromatic carbocycles. The third-order valence-corrected chi connectivity index (χ3v) is 6.37. The molecular formula is C28H29ClN2O. The number of nitrogens with one attached hydrogen (secondary N) is 1. The number of benzene rings is 3. The minimum atomic E-state index is -0.144. The second kappa shape index (κ2) is 10.6. The molecule has 4 rings (SSSR count). The number of carbonyl (C=O) groups is 1. The van der Waals surface area contributed by atoms with Crippen LogP contribution in [0.25, 0.3) is 17.2 Å². The van der Waals surface area contributed by atoms with E-state index in [9.17, 15) is 4.79 Å². The van der Waals surface area contributed by atoms with Crippen LogP contribution in [0.4, 0.5) is 5.69 Å². The van der Waals surface area contributed by atoms with E-state index in [0.29, 0.717) is 0 Å². The molecule has 0 radical (unpaired) electrons. The lowest BCUT2D eigenvalue weighted by molar-refractivity contribution is -0.111. The number of rotatable bonds is 7. The molecule has 0 heterocycles. The Morgan fingerprint density at radius 1 is 0.938 bits per heavy atom. The first kappa shape index (κ1) is 22.3. The van der Waals surface area contributed by atoms with Gasteiger partial charge in [-0.05, 0) is 72.5 Å². The number of carbonyl (C=O) groups excluding carboxylic acids is 1. The largest absolute Gasteiger partial charge is 0.323 e. The second-order valence-electron chi connectivity index (χ2n) is 8.50. The van der Waals surface area contributed by atoms with Crippen LogP contribution < -0.4 is 5.32 Å². The van der Waals surface area contributed by atoms with Crippen molar-refractivity contribution in [2.75, 3.05) is 12.4 Å². The summed E-state index contributed by atoms with van der Waals surface area (Å²) in [5.74, 6) is -0.144. The van der Waals surface area contributed by atoms with Crippen molar-refractivity contribution in [1.82, 2.24) is 4.90 Å². The third-order valence-electron chi connectivity index (χ3n) is 6.12. The van der Waals surface area contributed by atoms with Gasteiger partial charge in [-0.3, -0.25) is 9.69 Å². The summed E-state index contributed by atoms with van der Waals surface area (Å²) in [4.78, 5) is 14.8. The first-order valence-electron chi connectivity index (χ1n) is 11.2. The molecule has 0 aliphatic heterocycles. The van der Waals surface area contributed by atoms with Gasteiger partial charge in [0.05, 0.1) is 0 Å². The van der Waals surface area contributed by atoms with E-state index in [4.69, 9.17) is 11.6 Å². The molecule has 1 N–H and O–H groups in total. The zero-order chi connectivity index (χ0) is 22.3. The van der Waals surface area contributed by atoms with Crippen molar-refractivity contribution in [3.63, 3.8) is 0 Å². The number of halogens is 1. The Labute approximate surface area is 195 Å². The van der Waals surface area contributed by atoms with Crippen molar-refractivity contribution in [2.24, 2.45) is 0 Å². The Morgan fingerprint density at radius 2 is 1.53 bits per heavy atom. The normalized spacial score (nSPS) is 14.3. The predicted octanol–water partition coefficient (Wildman–Crippen LogP) is 7.03. The first-order valence-corrected chi connectivity index (χ1v) is 11.6. The molecule has 164 valence electrons. The van der Waals surface area contributed by atoms with Gasteiger partial charge in [-0.2, -0.15) is 0 Å². The van der Waals surface area contributed by atoms with Gasteiger partial charge in [-0.1, -0.05) is 73.0 Å². The van der Waals surface area contributed by atoms with Crippen LogP contribution in [0.5, 0.6) is 0 Å². The van der Waals surface area contributed by atoms with E-state index >= 15 is 0 Å². The Morgan fingerprint density at radius 3 is 2.16 bits per heavy atom. The number of hydrogen-bond acceptors (Lipinski definition) is 2. The summed E-state index contributed by atoms with van der Waals surface area (Å²) < 4.78 is 0. The minimum absolute atomic E-state index is 0.144. The Hall–Kier alpha value is -2.88. The van der Waals surface area contributed by atoms with Crippen LogP contribution in [-0.4, -0.2) is 23.9 Å². The van der Waals surface area contributed by atoms with Crippen molar-refractivity contribution >= 4 is 29.3 Å². The highest BCUT2D eigenvalue weighted by molar-refractivity contribution is 6.30. The quantitative estimate of drug-likeness (QED) is 0.396. The van der Waals surface area contributed by atoms with Crippen molar-refractivity contribution < 1.29 is 4.79 Å². The van der Waals surface area contributed by atoms with Gasteiger partial charge in [-0.25, -0.2) is 0 Å². The summed E-state index contributed by atoms with van der Waals surface area (Å²) in [5.41, 5.74) is 5.26. The van der Waals surface area contributed by atoms with Gasteiger partial charge >= 0.3 is 0 Å². The van der Waals surface area contributed by atoms with Crippen LogP contribution in [0.15, 0.2) is 78.9 Å². The summed E-state index contributed by atoms with van der Waals surface area (Å²) in [6.07, 6.45) is 8.77. The van der Waals surface area contributed by atoms with E-state index in [-0.39, 0.29) is 5.91 Å². The molecule has 3 aromatic rings. The van der Waals surface area contributed by atoms with E-state index in [1.54, 1.807) is 6.08 Å². The fourth-order valence-electron chi connectivity index (χ4n) is 4.24. The second-order valence-corrected chi connectivity index (χ2v) is 8.94. The molecule has 1 aliphatic carbocycles. The van der Waals surface area contributed by atoms with Crippen LogP contribution in [0.3, 0.4) is 0 Å². The van der Waals surface area contributed by atoms with Crippen molar-refractivity contribution in [3.8, 4) is 11.1 Å². The van der Waals surface area contributed by atoms with Gasteiger partial charge in [-0.15, -0.1) is 0 Å². The Kier molecular flexibility index (Phi) is 7.41. The van der Waals surface area contributed by atoms with Crippen molar-refractivity contribution in [1.29, 1.82) is 0 Å². The average Bonchev–Trinajstić information content (AvgIpc) is 3.35. The van der Waals surface area contributed by atoms with E-state index < -0.39 is 0 Å². The SMILES string of the molecule is CN(Cc1ccc(/C=C/C(=O)Nc2ccc(-c3ccc(Cl)cc3)cc2)cc1)C1CCCC1. The van der Waals surface area contributed by atoms with Gasteiger partial charge in [0.1, 0.15) is 0 Å².